The monoisotopic (exact) mass is 484 g/mol. The lowest BCUT2D eigenvalue weighted by atomic mass is 10.1. The highest BCUT2D eigenvalue weighted by atomic mass is 79.9. The van der Waals surface area contributed by atoms with Crippen LogP contribution in [0.3, 0.4) is 0 Å². The van der Waals surface area contributed by atoms with Gasteiger partial charge in [0.15, 0.2) is 0 Å². The van der Waals surface area contributed by atoms with Crippen LogP contribution >= 0.6 is 15.9 Å². The molecule has 0 aliphatic rings. The lowest BCUT2D eigenvalue weighted by molar-refractivity contribution is -0.129. The zero-order valence-electron chi connectivity index (χ0n) is 16.2. The Morgan fingerprint density at radius 1 is 1.03 bits per heavy atom. The van der Waals surface area contributed by atoms with Crippen molar-refractivity contribution in [3.05, 3.63) is 53.0 Å². The topological polar surface area (TPSA) is 95.9 Å². The molecule has 2 N–H and O–H groups in total. The Bertz CT molecular complexity index is 886. The summed E-state index contributed by atoms with van der Waals surface area (Å²) >= 11 is 3.32. The molecule has 0 aliphatic heterocycles. The van der Waals surface area contributed by atoms with Gasteiger partial charge in [0.1, 0.15) is 5.75 Å². The number of halogens is 1. The van der Waals surface area contributed by atoms with Crippen molar-refractivity contribution in [1.29, 1.82) is 0 Å². The number of anilines is 1. The lowest BCUT2D eigenvalue weighted by Gasteiger charge is -2.25. The van der Waals surface area contributed by atoms with Gasteiger partial charge in [-0.1, -0.05) is 28.8 Å². The van der Waals surface area contributed by atoms with E-state index in [4.69, 9.17) is 9.94 Å². The molecule has 0 aliphatic carbocycles. The minimum absolute atomic E-state index is 0.219. The molecule has 0 radical (unpaired) electrons. The number of hydroxylamine groups is 1. The number of rotatable bonds is 11. The maximum Gasteiger partial charge on any atom is 0.264 e. The zero-order valence-corrected chi connectivity index (χ0v) is 18.6. The first-order valence-electron chi connectivity index (χ1n) is 9.24. The lowest BCUT2D eigenvalue weighted by Crippen LogP contribution is -2.32. The second kappa shape index (κ2) is 11.2. The molecule has 0 aromatic heterocycles. The van der Waals surface area contributed by atoms with Crippen LogP contribution in [0.15, 0.2) is 57.9 Å². The standard InChI is InChI=1S/C20H25BrN2O5S/c1-28-18-11-9-17(10-12-18)23(15-5-3-2-4-6-20(24)22-25)29(26,27)19-13-7-16(21)8-14-19/h7-14,25H,2-6,15H2,1H3,(H,22,24). The smallest absolute Gasteiger partial charge is 0.264 e. The molecule has 29 heavy (non-hydrogen) atoms. The third kappa shape index (κ3) is 6.73. The van der Waals surface area contributed by atoms with Crippen molar-refractivity contribution < 1.29 is 23.2 Å². The van der Waals surface area contributed by atoms with Crippen LogP contribution in [0.1, 0.15) is 32.1 Å². The summed E-state index contributed by atoms with van der Waals surface area (Å²) in [6.45, 7) is 0.316. The van der Waals surface area contributed by atoms with E-state index >= 15 is 0 Å². The van der Waals surface area contributed by atoms with E-state index in [1.165, 1.54) is 4.31 Å². The van der Waals surface area contributed by atoms with Crippen molar-refractivity contribution in [2.75, 3.05) is 18.0 Å². The van der Waals surface area contributed by atoms with Crippen LogP contribution < -0.4 is 14.5 Å². The molecule has 158 valence electrons. The van der Waals surface area contributed by atoms with Crippen molar-refractivity contribution in [2.45, 2.75) is 37.0 Å². The predicted octanol–water partition coefficient (Wildman–Crippen LogP) is 4.11. The van der Waals surface area contributed by atoms with Crippen LogP contribution in [0.25, 0.3) is 0 Å². The van der Waals surface area contributed by atoms with Crippen molar-refractivity contribution in [3.63, 3.8) is 0 Å². The summed E-state index contributed by atoms with van der Waals surface area (Å²) in [5.74, 6) is 0.236. The Morgan fingerprint density at radius 2 is 1.66 bits per heavy atom. The molecule has 0 bridgehead atoms. The number of benzene rings is 2. The van der Waals surface area contributed by atoms with Crippen LogP contribution in [0.4, 0.5) is 5.69 Å². The Morgan fingerprint density at radius 3 is 2.24 bits per heavy atom. The first kappa shape index (κ1) is 23.2. The minimum atomic E-state index is -3.73. The average molecular weight is 485 g/mol. The highest BCUT2D eigenvalue weighted by molar-refractivity contribution is 9.10. The van der Waals surface area contributed by atoms with Gasteiger partial charge in [-0.2, -0.15) is 0 Å². The summed E-state index contributed by atoms with van der Waals surface area (Å²) in [7, 11) is -2.17. The first-order chi connectivity index (χ1) is 13.9. The highest BCUT2D eigenvalue weighted by Gasteiger charge is 2.24. The normalized spacial score (nSPS) is 11.1. The number of carbonyl (C=O) groups is 1. The number of hydrogen-bond acceptors (Lipinski definition) is 5. The number of nitrogens with one attached hydrogen (secondary N) is 1. The summed E-state index contributed by atoms with van der Waals surface area (Å²) in [6.07, 6.45) is 3.05. The number of nitrogens with zero attached hydrogens (tertiary/aromatic N) is 1. The SMILES string of the molecule is COc1ccc(N(CCCCCCC(=O)NO)S(=O)(=O)c2ccc(Br)cc2)cc1. The molecule has 2 rings (SSSR count). The Kier molecular flexibility index (Phi) is 8.94. The van der Waals surface area contributed by atoms with E-state index in [2.05, 4.69) is 15.9 Å². The maximum absolute atomic E-state index is 13.2. The number of methoxy groups -OCH3 is 1. The van der Waals surface area contributed by atoms with E-state index in [1.54, 1.807) is 61.1 Å². The molecular formula is C20H25BrN2O5S. The molecule has 0 unspecified atom stereocenters. The first-order valence-corrected chi connectivity index (χ1v) is 11.5. The van der Waals surface area contributed by atoms with Crippen LogP contribution in [-0.2, 0) is 14.8 Å². The molecule has 1 amide bonds. The van der Waals surface area contributed by atoms with Crippen molar-refractivity contribution in [3.8, 4) is 5.75 Å². The molecule has 0 saturated heterocycles. The number of ether oxygens (including phenoxy) is 1. The summed E-state index contributed by atoms with van der Waals surface area (Å²) in [5, 5.41) is 8.50. The Labute approximate surface area is 179 Å². The van der Waals surface area contributed by atoms with E-state index in [-0.39, 0.29) is 11.3 Å². The van der Waals surface area contributed by atoms with E-state index in [0.29, 0.717) is 30.8 Å². The van der Waals surface area contributed by atoms with E-state index in [1.807, 2.05) is 0 Å². The van der Waals surface area contributed by atoms with E-state index in [0.717, 1.165) is 17.3 Å². The van der Waals surface area contributed by atoms with Gasteiger partial charge in [0.05, 0.1) is 17.7 Å². The molecule has 0 heterocycles. The molecule has 0 atom stereocenters. The molecule has 0 fully saturated rings. The van der Waals surface area contributed by atoms with Gasteiger partial charge in [0.25, 0.3) is 10.0 Å². The third-order valence-corrected chi connectivity index (χ3v) is 6.77. The Hall–Kier alpha value is -2.10. The predicted molar refractivity (Wildman–Crippen MR) is 115 cm³/mol. The summed E-state index contributed by atoms with van der Waals surface area (Å²) < 4.78 is 33.9. The molecule has 2 aromatic rings. The second-order valence-corrected chi connectivity index (χ2v) is 9.21. The van der Waals surface area contributed by atoms with Crippen LogP contribution in [-0.4, -0.2) is 33.2 Å². The third-order valence-electron chi connectivity index (χ3n) is 4.40. The van der Waals surface area contributed by atoms with Gasteiger partial charge in [-0.05, 0) is 61.4 Å². The zero-order chi connectivity index (χ0) is 21.3. The maximum atomic E-state index is 13.2. The minimum Gasteiger partial charge on any atom is -0.497 e. The van der Waals surface area contributed by atoms with Crippen LogP contribution in [0.2, 0.25) is 0 Å². The van der Waals surface area contributed by atoms with Crippen molar-refractivity contribution in [2.24, 2.45) is 0 Å². The van der Waals surface area contributed by atoms with Gasteiger partial charge in [0, 0.05) is 17.4 Å². The van der Waals surface area contributed by atoms with Gasteiger partial charge in [-0.3, -0.25) is 14.3 Å². The number of carbonyl (C=O) groups excluding carboxylic acids is 1. The van der Waals surface area contributed by atoms with E-state index in [9.17, 15) is 13.2 Å². The molecular weight excluding hydrogens is 460 g/mol. The van der Waals surface area contributed by atoms with E-state index < -0.39 is 15.9 Å². The summed E-state index contributed by atoms with van der Waals surface area (Å²) in [4.78, 5) is 11.3. The molecule has 0 spiro atoms. The summed E-state index contributed by atoms with van der Waals surface area (Å²) in [5.41, 5.74) is 2.17. The molecule has 0 saturated carbocycles. The second-order valence-electron chi connectivity index (χ2n) is 6.43. The van der Waals surface area contributed by atoms with Gasteiger partial charge < -0.3 is 4.74 Å². The number of sulfonamides is 1. The quantitative estimate of drug-likeness (QED) is 0.284. The van der Waals surface area contributed by atoms with Gasteiger partial charge in [-0.15, -0.1) is 0 Å². The van der Waals surface area contributed by atoms with Crippen molar-refractivity contribution in [1.82, 2.24) is 5.48 Å². The van der Waals surface area contributed by atoms with Crippen molar-refractivity contribution >= 4 is 37.5 Å². The highest BCUT2D eigenvalue weighted by Crippen LogP contribution is 2.27. The molecule has 9 heteroatoms. The Balaban J connectivity index is 2.13. The molecule has 7 nitrogen and oxygen atoms in total. The van der Waals surface area contributed by atoms with Gasteiger partial charge >= 0.3 is 0 Å². The fourth-order valence-corrected chi connectivity index (χ4v) is 4.59. The van der Waals surface area contributed by atoms with Gasteiger partial charge in [-0.25, -0.2) is 13.9 Å². The van der Waals surface area contributed by atoms with Crippen LogP contribution in [0, 0.1) is 0 Å². The fourth-order valence-electron chi connectivity index (χ4n) is 2.82. The fraction of sp³-hybridized carbons (Fsp3) is 0.350. The number of unbranched alkanes of at least 4 members (excludes halogenated alkanes) is 3. The summed E-state index contributed by atoms with van der Waals surface area (Å²) in [6, 6.07) is 13.4. The largest absolute Gasteiger partial charge is 0.497 e. The van der Waals surface area contributed by atoms with Crippen LogP contribution in [0.5, 0.6) is 5.75 Å². The molecule has 2 aromatic carbocycles. The van der Waals surface area contributed by atoms with Gasteiger partial charge in [0.2, 0.25) is 5.91 Å². The number of hydrogen-bond donors (Lipinski definition) is 2. The average Bonchev–Trinajstić information content (AvgIpc) is 2.73. The number of amides is 1.